The molecule has 188 valence electrons. The Hall–Kier alpha value is -4.20. The number of benzene rings is 3. The molecule has 3 aromatic rings. The fourth-order valence-corrected chi connectivity index (χ4v) is 4.22. The van der Waals surface area contributed by atoms with Crippen LogP contribution in [0.25, 0.3) is 0 Å². The van der Waals surface area contributed by atoms with Gasteiger partial charge in [0.2, 0.25) is 5.75 Å². The van der Waals surface area contributed by atoms with Crippen molar-refractivity contribution >= 4 is 23.2 Å². The van der Waals surface area contributed by atoms with Gasteiger partial charge in [-0.2, -0.15) is 0 Å². The van der Waals surface area contributed by atoms with Gasteiger partial charge in [0.05, 0.1) is 21.3 Å². The van der Waals surface area contributed by atoms with E-state index in [0.29, 0.717) is 47.2 Å². The minimum atomic E-state index is -0.333. The monoisotopic (exact) mass is 489 g/mol. The Bertz CT molecular complexity index is 1190. The second-order valence-corrected chi connectivity index (χ2v) is 8.56. The summed E-state index contributed by atoms with van der Waals surface area (Å²) < 4.78 is 16.0. The molecule has 1 aliphatic heterocycles. The van der Waals surface area contributed by atoms with Crippen molar-refractivity contribution in [2.45, 2.75) is 6.92 Å². The standard InChI is InChI=1S/C28H31N3O5/c1-19-5-11-23(12-6-19)30-13-15-31(16-14-30)28(33)20-7-9-22(10-8-20)29-27(32)21-17-24(34-2)26(36-4)25(18-21)35-3/h5-12,17-18H,13-16H2,1-4H3,(H,29,32). The maximum absolute atomic E-state index is 13.0. The topological polar surface area (TPSA) is 80.3 Å². The highest BCUT2D eigenvalue weighted by Gasteiger charge is 2.22. The van der Waals surface area contributed by atoms with Gasteiger partial charge in [-0.1, -0.05) is 17.7 Å². The molecule has 0 aliphatic carbocycles. The van der Waals surface area contributed by atoms with Gasteiger partial charge in [-0.3, -0.25) is 9.59 Å². The number of hydrogen-bond acceptors (Lipinski definition) is 6. The first-order chi connectivity index (χ1) is 17.4. The predicted molar refractivity (Wildman–Crippen MR) is 140 cm³/mol. The first kappa shape index (κ1) is 24.9. The van der Waals surface area contributed by atoms with Gasteiger partial charge in [0.15, 0.2) is 11.5 Å². The van der Waals surface area contributed by atoms with E-state index in [0.717, 1.165) is 13.1 Å². The van der Waals surface area contributed by atoms with E-state index >= 15 is 0 Å². The van der Waals surface area contributed by atoms with Gasteiger partial charge in [-0.05, 0) is 55.5 Å². The first-order valence-corrected chi connectivity index (χ1v) is 11.8. The van der Waals surface area contributed by atoms with E-state index in [1.807, 2.05) is 4.90 Å². The lowest BCUT2D eigenvalue weighted by atomic mass is 10.1. The van der Waals surface area contributed by atoms with Crippen molar-refractivity contribution in [3.05, 3.63) is 77.4 Å². The maximum atomic E-state index is 13.0. The lowest BCUT2D eigenvalue weighted by molar-refractivity contribution is 0.0746. The van der Waals surface area contributed by atoms with Crippen LogP contribution < -0.4 is 24.4 Å². The first-order valence-electron chi connectivity index (χ1n) is 11.8. The SMILES string of the molecule is COc1cc(C(=O)Nc2ccc(C(=O)N3CCN(c4ccc(C)cc4)CC3)cc2)cc(OC)c1OC. The Kier molecular flexibility index (Phi) is 7.63. The third-order valence-electron chi connectivity index (χ3n) is 6.28. The van der Waals surface area contributed by atoms with Crippen molar-refractivity contribution in [2.75, 3.05) is 57.7 Å². The second kappa shape index (κ2) is 11.0. The number of carbonyl (C=O) groups is 2. The number of carbonyl (C=O) groups excluding carboxylic acids is 2. The highest BCUT2D eigenvalue weighted by Crippen LogP contribution is 2.38. The summed E-state index contributed by atoms with van der Waals surface area (Å²) in [6.45, 7) is 4.97. The van der Waals surface area contributed by atoms with Crippen molar-refractivity contribution in [1.82, 2.24) is 4.90 Å². The van der Waals surface area contributed by atoms with E-state index in [1.165, 1.54) is 32.6 Å². The zero-order valence-corrected chi connectivity index (χ0v) is 21.0. The van der Waals surface area contributed by atoms with Crippen LogP contribution in [0.4, 0.5) is 11.4 Å². The van der Waals surface area contributed by atoms with E-state index in [1.54, 1.807) is 36.4 Å². The molecule has 0 unspecified atom stereocenters. The fourth-order valence-electron chi connectivity index (χ4n) is 4.22. The Balaban J connectivity index is 1.38. The van der Waals surface area contributed by atoms with Crippen LogP contribution in [-0.4, -0.2) is 64.2 Å². The van der Waals surface area contributed by atoms with Crippen molar-refractivity contribution in [3.63, 3.8) is 0 Å². The zero-order chi connectivity index (χ0) is 25.7. The largest absolute Gasteiger partial charge is 0.493 e. The number of methoxy groups -OCH3 is 3. The van der Waals surface area contributed by atoms with Crippen molar-refractivity contribution in [3.8, 4) is 17.2 Å². The molecular weight excluding hydrogens is 458 g/mol. The van der Waals surface area contributed by atoms with Gasteiger partial charge in [-0.15, -0.1) is 0 Å². The molecule has 4 rings (SSSR count). The van der Waals surface area contributed by atoms with Crippen molar-refractivity contribution in [2.24, 2.45) is 0 Å². The summed E-state index contributed by atoms with van der Waals surface area (Å²) in [5.41, 5.74) is 3.94. The third-order valence-corrected chi connectivity index (χ3v) is 6.28. The Morgan fingerprint density at radius 3 is 1.86 bits per heavy atom. The molecule has 3 aromatic carbocycles. The van der Waals surface area contributed by atoms with Crippen molar-refractivity contribution < 1.29 is 23.8 Å². The number of hydrogen-bond donors (Lipinski definition) is 1. The molecule has 8 nitrogen and oxygen atoms in total. The van der Waals surface area contributed by atoms with Crippen LogP contribution in [0.5, 0.6) is 17.2 Å². The molecule has 1 fully saturated rings. The van der Waals surface area contributed by atoms with Crippen LogP contribution in [0, 0.1) is 6.92 Å². The molecule has 0 atom stereocenters. The molecular formula is C28H31N3O5. The van der Waals surface area contributed by atoms with Gasteiger partial charge >= 0.3 is 0 Å². The molecule has 0 bridgehead atoms. The summed E-state index contributed by atoms with van der Waals surface area (Å²) in [6, 6.07) is 18.6. The normalized spacial score (nSPS) is 13.2. The number of rotatable bonds is 7. The van der Waals surface area contributed by atoms with Crippen molar-refractivity contribution in [1.29, 1.82) is 0 Å². The van der Waals surface area contributed by atoms with Gasteiger partial charge in [0, 0.05) is 48.7 Å². The summed E-state index contributed by atoms with van der Waals surface area (Å²) in [5, 5.41) is 2.85. The van der Waals surface area contributed by atoms with Crippen LogP contribution in [0.2, 0.25) is 0 Å². The number of nitrogens with zero attached hydrogens (tertiary/aromatic N) is 2. The van der Waals surface area contributed by atoms with E-state index in [9.17, 15) is 9.59 Å². The number of ether oxygens (including phenoxy) is 3. The number of anilines is 2. The predicted octanol–water partition coefficient (Wildman–Crippen LogP) is 4.24. The molecule has 1 aliphatic rings. The van der Waals surface area contributed by atoms with Crippen LogP contribution >= 0.6 is 0 Å². The highest BCUT2D eigenvalue weighted by atomic mass is 16.5. The van der Waals surface area contributed by atoms with Crippen LogP contribution in [0.15, 0.2) is 60.7 Å². The summed E-state index contributed by atoms with van der Waals surface area (Å²) >= 11 is 0. The van der Waals surface area contributed by atoms with Crippen LogP contribution in [0.3, 0.4) is 0 Å². The van der Waals surface area contributed by atoms with Crippen LogP contribution in [-0.2, 0) is 0 Å². The number of piperazine rings is 1. The second-order valence-electron chi connectivity index (χ2n) is 8.56. The molecule has 1 heterocycles. The Morgan fingerprint density at radius 1 is 0.750 bits per heavy atom. The Labute approximate surface area is 211 Å². The maximum Gasteiger partial charge on any atom is 0.255 e. The number of aryl methyl sites for hydroxylation is 1. The van der Waals surface area contributed by atoms with Gasteiger partial charge in [-0.25, -0.2) is 0 Å². The number of nitrogens with one attached hydrogen (secondary N) is 1. The highest BCUT2D eigenvalue weighted by molar-refractivity contribution is 6.05. The molecule has 1 N–H and O–H groups in total. The van der Waals surface area contributed by atoms with E-state index in [4.69, 9.17) is 14.2 Å². The van der Waals surface area contributed by atoms with E-state index in [-0.39, 0.29) is 11.8 Å². The Morgan fingerprint density at radius 2 is 1.33 bits per heavy atom. The summed E-state index contributed by atoms with van der Waals surface area (Å²) in [4.78, 5) is 30.0. The molecule has 0 radical (unpaired) electrons. The molecule has 0 aromatic heterocycles. The average Bonchev–Trinajstić information content (AvgIpc) is 2.92. The summed E-state index contributed by atoms with van der Waals surface area (Å²) in [7, 11) is 4.50. The molecule has 0 saturated carbocycles. The molecule has 0 spiro atoms. The third kappa shape index (κ3) is 5.38. The zero-order valence-electron chi connectivity index (χ0n) is 21.0. The average molecular weight is 490 g/mol. The summed E-state index contributed by atoms with van der Waals surface area (Å²) in [6.07, 6.45) is 0. The molecule has 2 amide bonds. The smallest absolute Gasteiger partial charge is 0.255 e. The minimum Gasteiger partial charge on any atom is -0.493 e. The fraction of sp³-hybridized carbons (Fsp3) is 0.286. The minimum absolute atomic E-state index is 0.0129. The van der Waals surface area contributed by atoms with E-state index < -0.39 is 0 Å². The molecule has 36 heavy (non-hydrogen) atoms. The quantitative estimate of drug-likeness (QED) is 0.535. The van der Waals surface area contributed by atoms with Crippen LogP contribution in [0.1, 0.15) is 26.3 Å². The van der Waals surface area contributed by atoms with Gasteiger partial charge in [0.1, 0.15) is 0 Å². The van der Waals surface area contributed by atoms with Gasteiger partial charge in [0.25, 0.3) is 11.8 Å². The molecule has 8 heteroatoms. The van der Waals surface area contributed by atoms with E-state index in [2.05, 4.69) is 41.4 Å². The van der Waals surface area contributed by atoms with Gasteiger partial charge < -0.3 is 29.3 Å². The summed E-state index contributed by atoms with van der Waals surface area (Å²) in [5.74, 6) is 0.858. The number of amides is 2. The molecule has 1 saturated heterocycles. The lowest BCUT2D eigenvalue weighted by Crippen LogP contribution is -2.48. The lowest BCUT2D eigenvalue weighted by Gasteiger charge is -2.36.